The number of imide groups is 1. The second-order valence-electron chi connectivity index (χ2n) is 4.63. The van der Waals surface area contributed by atoms with E-state index >= 15 is 0 Å². The number of carbonyl (C=O) groups is 2. The van der Waals surface area contributed by atoms with Gasteiger partial charge < -0.3 is 15.2 Å². The van der Waals surface area contributed by atoms with Gasteiger partial charge in [0.25, 0.3) is 0 Å². The number of aliphatic hydroxyl groups is 1. The Labute approximate surface area is 117 Å². The molecule has 0 saturated carbocycles. The fourth-order valence-electron chi connectivity index (χ4n) is 1.92. The van der Waals surface area contributed by atoms with Crippen LogP contribution >= 0.6 is 0 Å². The van der Waals surface area contributed by atoms with Crippen molar-refractivity contribution in [2.45, 2.75) is 19.4 Å². The van der Waals surface area contributed by atoms with Crippen molar-refractivity contribution in [3.8, 4) is 5.75 Å². The quantitative estimate of drug-likeness (QED) is 0.744. The summed E-state index contributed by atoms with van der Waals surface area (Å²) < 4.78 is 5.43. The van der Waals surface area contributed by atoms with Crippen LogP contribution in [0, 0.1) is 0 Å². The van der Waals surface area contributed by atoms with Gasteiger partial charge in [0.2, 0.25) is 5.91 Å². The van der Waals surface area contributed by atoms with Crippen LogP contribution in [0.4, 0.5) is 4.79 Å². The molecule has 0 bridgehead atoms. The van der Waals surface area contributed by atoms with E-state index in [1.54, 1.807) is 0 Å². The fourth-order valence-corrected chi connectivity index (χ4v) is 1.92. The van der Waals surface area contributed by atoms with Crippen molar-refractivity contribution < 1.29 is 19.4 Å². The number of nitrogens with one attached hydrogen (secondary N) is 1. The molecule has 0 radical (unpaired) electrons. The molecule has 0 aromatic heterocycles. The summed E-state index contributed by atoms with van der Waals surface area (Å²) >= 11 is 0. The summed E-state index contributed by atoms with van der Waals surface area (Å²) in [7, 11) is 0. The Morgan fingerprint density at radius 2 is 2.05 bits per heavy atom. The highest BCUT2D eigenvalue weighted by atomic mass is 16.5. The first-order valence-corrected chi connectivity index (χ1v) is 6.58. The second-order valence-corrected chi connectivity index (χ2v) is 4.63. The molecule has 0 spiro atoms. The van der Waals surface area contributed by atoms with Gasteiger partial charge in [-0.1, -0.05) is 19.1 Å². The smallest absolute Gasteiger partial charge is 0.324 e. The zero-order chi connectivity index (χ0) is 14.5. The molecule has 3 amide bonds. The summed E-state index contributed by atoms with van der Waals surface area (Å²) in [5.41, 5.74) is 1.21. The molecule has 108 valence electrons. The Morgan fingerprint density at radius 3 is 2.60 bits per heavy atom. The monoisotopic (exact) mass is 278 g/mol. The first-order chi connectivity index (χ1) is 9.60. The minimum atomic E-state index is -0.909. The van der Waals surface area contributed by atoms with Crippen LogP contribution in [0.2, 0.25) is 0 Å². The Hall–Kier alpha value is -2.08. The van der Waals surface area contributed by atoms with E-state index in [1.165, 1.54) is 5.56 Å². The minimum absolute atomic E-state index is 0.00904. The van der Waals surface area contributed by atoms with Crippen molar-refractivity contribution in [2.75, 3.05) is 19.7 Å². The zero-order valence-corrected chi connectivity index (χ0v) is 11.3. The molecule has 1 heterocycles. The number of rotatable bonds is 6. The van der Waals surface area contributed by atoms with E-state index in [0.29, 0.717) is 5.75 Å². The number of aliphatic hydroxyl groups excluding tert-OH is 1. The summed E-state index contributed by atoms with van der Waals surface area (Å²) in [6, 6.07) is 7.11. The van der Waals surface area contributed by atoms with Crippen molar-refractivity contribution in [1.29, 1.82) is 0 Å². The molecular weight excluding hydrogens is 260 g/mol. The SMILES string of the molecule is CCc1ccc(OC[C@H](O)CN2C(=O)CNC2=O)cc1. The molecular formula is C14H18N2O4. The van der Waals surface area contributed by atoms with E-state index in [4.69, 9.17) is 4.74 Å². The highest BCUT2D eigenvalue weighted by Crippen LogP contribution is 2.13. The van der Waals surface area contributed by atoms with E-state index in [9.17, 15) is 14.7 Å². The lowest BCUT2D eigenvalue weighted by Crippen LogP contribution is -2.39. The van der Waals surface area contributed by atoms with E-state index in [1.807, 2.05) is 24.3 Å². The summed E-state index contributed by atoms with van der Waals surface area (Å²) in [4.78, 5) is 23.7. The molecule has 1 saturated heterocycles. The van der Waals surface area contributed by atoms with Crippen LogP contribution in [0.25, 0.3) is 0 Å². The molecule has 1 aliphatic heterocycles. The molecule has 1 aromatic rings. The summed E-state index contributed by atoms with van der Waals surface area (Å²) in [6.45, 7) is 2.03. The number of amides is 3. The molecule has 2 N–H and O–H groups in total. The molecule has 20 heavy (non-hydrogen) atoms. The van der Waals surface area contributed by atoms with Gasteiger partial charge in [-0.15, -0.1) is 0 Å². The molecule has 6 nitrogen and oxygen atoms in total. The zero-order valence-electron chi connectivity index (χ0n) is 11.3. The normalized spacial score (nSPS) is 16.2. The van der Waals surface area contributed by atoms with Crippen LogP contribution in [0.5, 0.6) is 5.75 Å². The third-order valence-corrected chi connectivity index (χ3v) is 3.10. The molecule has 1 aliphatic rings. The molecule has 0 unspecified atom stereocenters. The third-order valence-electron chi connectivity index (χ3n) is 3.10. The van der Waals surface area contributed by atoms with Gasteiger partial charge in [-0.05, 0) is 24.1 Å². The number of benzene rings is 1. The van der Waals surface area contributed by atoms with Crippen LogP contribution in [0.15, 0.2) is 24.3 Å². The predicted octanol–water partition coefficient (Wildman–Crippen LogP) is 0.541. The van der Waals surface area contributed by atoms with E-state index in [2.05, 4.69) is 12.2 Å². The summed E-state index contributed by atoms with van der Waals surface area (Å²) in [5, 5.41) is 12.2. The molecule has 6 heteroatoms. The van der Waals surface area contributed by atoms with Gasteiger partial charge in [0.05, 0.1) is 13.1 Å². The number of aryl methyl sites for hydroxylation is 1. The standard InChI is InChI=1S/C14H18N2O4/c1-2-10-3-5-12(6-4-10)20-9-11(17)8-16-13(18)7-15-14(16)19/h3-6,11,17H,2,7-9H2,1H3,(H,15,19)/t11-/m1/s1. The number of hydrogen-bond acceptors (Lipinski definition) is 4. The van der Waals surface area contributed by atoms with Gasteiger partial charge in [-0.25, -0.2) is 4.79 Å². The predicted molar refractivity (Wildman–Crippen MR) is 72.4 cm³/mol. The lowest BCUT2D eigenvalue weighted by atomic mass is 10.2. The Kier molecular flexibility index (Phi) is 4.57. The highest BCUT2D eigenvalue weighted by Gasteiger charge is 2.30. The minimum Gasteiger partial charge on any atom is -0.491 e. The number of ether oxygens (including phenoxy) is 1. The maximum Gasteiger partial charge on any atom is 0.324 e. The first kappa shape index (κ1) is 14.3. The maximum absolute atomic E-state index is 11.4. The van der Waals surface area contributed by atoms with Crippen molar-refractivity contribution in [2.24, 2.45) is 0 Å². The highest BCUT2D eigenvalue weighted by molar-refractivity contribution is 6.01. The van der Waals surface area contributed by atoms with Crippen molar-refractivity contribution in [1.82, 2.24) is 10.2 Å². The number of nitrogens with zero attached hydrogens (tertiary/aromatic N) is 1. The van der Waals surface area contributed by atoms with Crippen LogP contribution in [0.3, 0.4) is 0 Å². The average Bonchev–Trinajstić information content (AvgIpc) is 2.77. The van der Waals surface area contributed by atoms with Crippen LogP contribution < -0.4 is 10.1 Å². The number of urea groups is 1. The van der Waals surface area contributed by atoms with E-state index in [0.717, 1.165) is 11.3 Å². The number of hydrogen-bond donors (Lipinski definition) is 2. The van der Waals surface area contributed by atoms with Gasteiger partial charge >= 0.3 is 6.03 Å². The molecule has 1 atom stereocenters. The van der Waals surface area contributed by atoms with E-state index < -0.39 is 12.1 Å². The number of β-amino-alcohol motifs (C(OH)–C–C–N with tert-alkyl or cyclic N) is 1. The largest absolute Gasteiger partial charge is 0.491 e. The van der Waals surface area contributed by atoms with Gasteiger partial charge in [0.1, 0.15) is 18.5 Å². The lowest BCUT2D eigenvalue weighted by Gasteiger charge is -2.17. The third kappa shape index (κ3) is 3.48. The van der Waals surface area contributed by atoms with Crippen molar-refractivity contribution in [3.05, 3.63) is 29.8 Å². The molecule has 0 aliphatic carbocycles. The van der Waals surface area contributed by atoms with E-state index in [-0.39, 0.29) is 25.6 Å². The summed E-state index contributed by atoms with van der Waals surface area (Å²) in [6.07, 6.45) is 0.0448. The Morgan fingerprint density at radius 1 is 1.35 bits per heavy atom. The second kappa shape index (κ2) is 6.38. The van der Waals surface area contributed by atoms with Gasteiger partial charge in [0.15, 0.2) is 0 Å². The molecule has 1 fully saturated rings. The van der Waals surface area contributed by atoms with Gasteiger partial charge in [-0.3, -0.25) is 9.69 Å². The number of carbonyl (C=O) groups excluding carboxylic acids is 2. The van der Waals surface area contributed by atoms with Crippen LogP contribution in [-0.4, -0.2) is 47.7 Å². The van der Waals surface area contributed by atoms with Gasteiger partial charge in [0, 0.05) is 0 Å². The molecule has 2 rings (SSSR count). The first-order valence-electron chi connectivity index (χ1n) is 6.58. The van der Waals surface area contributed by atoms with Gasteiger partial charge in [-0.2, -0.15) is 0 Å². The van der Waals surface area contributed by atoms with Crippen molar-refractivity contribution >= 4 is 11.9 Å². The summed E-state index contributed by atoms with van der Waals surface area (Å²) in [5.74, 6) is 0.319. The van der Waals surface area contributed by atoms with Crippen LogP contribution in [-0.2, 0) is 11.2 Å². The average molecular weight is 278 g/mol. The maximum atomic E-state index is 11.4. The fraction of sp³-hybridized carbons (Fsp3) is 0.429. The topological polar surface area (TPSA) is 78.9 Å². The lowest BCUT2D eigenvalue weighted by molar-refractivity contribution is -0.126. The van der Waals surface area contributed by atoms with Crippen LogP contribution in [0.1, 0.15) is 12.5 Å². The Bertz CT molecular complexity index is 470. The van der Waals surface area contributed by atoms with Crippen molar-refractivity contribution in [3.63, 3.8) is 0 Å². The molecule has 1 aromatic carbocycles. The Balaban J connectivity index is 1.81.